The summed E-state index contributed by atoms with van der Waals surface area (Å²) in [6.07, 6.45) is 2.64. The summed E-state index contributed by atoms with van der Waals surface area (Å²) < 4.78 is 5.22. The summed E-state index contributed by atoms with van der Waals surface area (Å²) in [6.45, 7) is 3.41. The largest absolute Gasteiger partial charge is 0.355 e. The number of hydrogen-bond acceptors (Lipinski definition) is 6. The van der Waals surface area contributed by atoms with Crippen molar-refractivity contribution in [3.05, 3.63) is 35.6 Å². The zero-order chi connectivity index (χ0) is 13.2. The van der Waals surface area contributed by atoms with E-state index in [1.54, 1.807) is 18.3 Å². The number of hydrogen-bond donors (Lipinski definition) is 0. The Morgan fingerprint density at radius 2 is 2.42 bits per heavy atom. The van der Waals surface area contributed by atoms with Crippen molar-refractivity contribution in [2.75, 3.05) is 18.0 Å². The maximum atomic E-state index is 9.11. The molecular weight excluding hydrogens is 242 g/mol. The molecule has 1 saturated heterocycles. The number of pyridine rings is 1. The van der Waals surface area contributed by atoms with Crippen LogP contribution >= 0.6 is 0 Å². The molecule has 0 amide bonds. The maximum absolute atomic E-state index is 9.11. The van der Waals surface area contributed by atoms with Crippen LogP contribution in [0.15, 0.2) is 22.9 Å². The van der Waals surface area contributed by atoms with Crippen molar-refractivity contribution in [3.63, 3.8) is 0 Å². The average molecular weight is 255 g/mol. The summed E-state index contributed by atoms with van der Waals surface area (Å²) in [5, 5.41) is 12.9. The fourth-order valence-electron chi connectivity index (χ4n) is 2.37. The van der Waals surface area contributed by atoms with Crippen LogP contribution in [0.25, 0.3) is 0 Å². The van der Waals surface area contributed by atoms with E-state index in [0.717, 1.165) is 25.3 Å². The Labute approximate surface area is 110 Å². The highest BCUT2D eigenvalue weighted by Gasteiger charge is 2.29. The third-order valence-corrected chi connectivity index (χ3v) is 3.29. The average Bonchev–Trinajstić information content (AvgIpc) is 3.07. The molecule has 1 atom stereocenters. The second-order valence-corrected chi connectivity index (χ2v) is 4.60. The Bertz CT molecular complexity index is 630. The molecule has 1 aliphatic heterocycles. The lowest BCUT2D eigenvalue weighted by atomic mass is 10.1. The van der Waals surface area contributed by atoms with Gasteiger partial charge in [-0.2, -0.15) is 10.2 Å². The topological polar surface area (TPSA) is 78.8 Å². The predicted molar refractivity (Wildman–Crippen MR) is 67.6 cm³/mol. The molecule has 6 heteroatoms. The lowest BCUT2D eigenvalue weighted by molar-refractivity contribution is 0.356. The van der Waals surface area contributed by atoms with Crippen molar-refractivity contribution in [3.8, 4) is 6.07 Å². The summed E-state index contributed by atoms with van der Waals surface area (Å²) in [6, 6.07) is 5.73. The van der Waals surface area contributed by atoms with Crippen LogP contribution in [0.3, 0.4) is 0 Å². The second kappa shape index (κ2) is 4.69. The molecule has 2 aromatic heterocycles. The smallest absolute Gasteiger partial charge is 0.231 e. The van der Waals surface area contributed by atoms with E-state index in [9.17, 15) is 0 Å². The van der Waals surface area contributed by atoms with E-state index < -0.39 is 0 Å². The molecule has 0 N–H and O–H groups in total. The first-order valence-electron chi connectivity index (χ1n) is 6.18. The van der Waals surface area contributed by atoms with Gasteiger partial charge in [0.25, 0.3) is 0 Å². The quantitative estimate of drug-likeness (QED) is 0.811. The highest BCUT2D eigenvalue weighted by Crippen LogP contribution is 2.30. The standard InChI is InChI=1S/C13H13N5O/c1-9-16-13(19-17-9)11-4-6-18(8-11)12-10(7-14)3-2-5-15-12/h2-3,5,11H,4,6,8H2,1H3. The van der Waals surface area contributed by atoms with Crippen molar-refractivity contribution < 1.29 is 4.52 Å². The van der Waals surface area contributed by atoms with Crippen LogP contribution in [0.4, 0.5) is 5.82 Å². The van der Waals surface area contributed by atoms with Gasteiger partial charge in [-0.05, 0) is 25.5 Å². The minimum Gasteiger partial charge on any atom is -0.355 e. The molecule has 0 saturated carbocycles. The minimum absolute atomic E-state index is 0.217. The Balaban J connectivity index is 1.81. The lowest BCUT2D eigenvalue weighted by Gasteiger charge is -2.17. The molecule has 96 valence electrons. The van der Waals surface area contributed by atoms with Gasteiger partial charge in [0.15, 0.2) is 5.82 Å². The number of nitriles is 1. The molecule has 0 radical (unpaired) electrons. The van der Waals surface area contributed by atoms with Gasteiger partial charge in [0, 0.05) is 19.3 Å². The van der Waals surface area contributed by atoms with Crippen LogP contribution in [-0.2, 0) is 0 Å². The molecule has 0 spiro atoms. The van der Waals surface area contributed by atoms with Crippen LogP contribution in [0.2, 0.25) is 0 Å². The van der Waals surface area contributed by atoms with Gasteiger partial charge in [0.05, 0.1) is 11.5 Å². The summed E-state index contributed by atoms with van der Waals surface area (Å²) in [4.78, 5) is 10.7. The summed E-state index contributed by atoms with van der Waals surface area (Å²) in [7, 11) is 0. The molecule has 0 aliphatic carbocycles. The molecule has 2 aromatic rings. The highest BCUT2D eigenvalue weighted by molar-refractivity contribution is 5.54. The van der Waals surface area contributed by atoms with E-state index in [0.29, 0.717) is 17.3 Å². The van der Waals surface area contributed by atoms with Crippen LogP contribution < -0.4 is 4.90 Å². The van der Waals surface area contributed by atoms with Crippen molar-refractivity contribution in [1.82, 2.24) is 15.1 Å². The first-order valence-corrected chi connectivity index (χ1v) is 6.18. The van der Waals surface area contributed by atoms with E-state index in [2.05, 4.69) is 26.1 Å². The predicted octanol–water partition coefficient (Wildman–Crippen LogP) is 1.64. The lowest BCUT2D eigenvalue weighted by Crippen LogP contribution is -2.21. The van der Waals surface area contributed by atoms with E-state index >= 15 is 0 Å². The van der Waals surface area contributed by atoms with Crippen molar-refractivity contribution in [2.24, 2.45) is 0 Å². The van der Waals surface area contributed by atoms with Gasteiger partial charge in [-0.25, -0.2) is 4.98 Å². The molecule has 1 aliphatic rings. The molecule has 1 fully saturated rings. The van der Waals surface area contributed by atoms with Crippen LogP contribution in [-0.4, -0.2) is 28.2 Å². The van der Waals surface area contributed by atoms with Crippen LogP contribution in [0.5, 0.6) is 0 Å². The van der Waals surface area contributed by atoms with E-state index in [-0.39, 0.29) is 5.92 Å². The normalized spacial score (nSPS) is 18.5. The molecular formula is C13H13N5O. The Morgan fingerprint density at radius 1 is 1.53 bits per heavy atom. The Morgan fingerprint density at radius 3 is 3.16 bits per heavy atom. The third-order valence-electron chi connectivity index (χ3n) is 3.29. The molecule has 3 rings (SSSR count). The van der Waals surface area contributed by atoms with E-state index in [1.807, 2.05) is 6.92 Å². The summed E-state index contributed by atoms with van der Waals surface area (Å²) in [5.41, 5.74) is 0.602. The highest BCUT2D eigenvalue weighted by atomic mass is 16.5. The zero-order valence-corrected chi connectivity index (χ0v) is 10.6. The van der Waals surface area contributed by atoms with Gasteiger partial charge < -0.3 is 9.42 Å². The molecule has 3 heterocycles. The number of rotatable bonds is 2. The molecule has 19 heavy (non-hydrogen) atoms. The van der Waals surface area contributed by atoms with Gasteiger partial charge in [-0.15, -0.1) is 0 Å². The molecule has 6 nitrogen and oxygen atoms in total. The van der Waals surface area contributed by atoms with Crippen molar-refractivity contribution >= 4 is 5.82 Å². The summed E-state index contributed by atoms with van der Waals surface area (Å²) in [5.74, 6) is 2.29. The second-order valence-electron chi connectivity index (χ2n) is 4.60. The number of anilines is 1. The van der Waals surface area contributed by atoms with Crippen molar-refractivity contribution in [2.45, 2.75) is 19.3 Å². The van der Waals surface area contributed by atoms with Gasteiger partial charge >= 0.3 is 0 Å². The summed E-state index contributed by atoms with van der Waals surface area (Å²) >= 11 is 0. The Hall–Kier alpha value is -2.42. The first kappa shape index (κ1) is 11.7. The van der Waals surface area contributed by atoms with E-state index in [1.165, 1.54) is 0 Å². The number of aromatic nitrogens is 3. The molecule has 0 bridgehead atoms. The fraction of sp³-hybridized carbons (Fsp3) is 0.385. The monoisotopic (exact) mass is 255 g/mol. The SMILES string of the molecule is Cc1noc(C2CCN(c3ncccc3C#N)C2)n1. The maximum Gasteiger partial charge on any atom is 0.231 e. The minimum atomic E-state index is 0.217. The molecule has 1 unspecified atom stereocenters. The van der Waals surface area contributed by atoms with Gasteiger partial charge in [0.1, 0.15) is 11.9 Å². The van der Waals surface area contributed by atoms with Gasteiger partial charge in [0.2, 0.25) is 5.89 Å². The van der Waals surface area contributed by atoms with Crippen molar-refractivity contribution in [1.29, 1.82) is 5.26 Å². The molecule has 0 aromatic carbocycles. The first-order chi connectivity index (χ1) is 9.28. The third kappa shape index (κ3) is 2.15. The number of aryl methyl sites for hydroxylation is 1. The van der Waals surface area contributed by atoms with Gasteiger partial charge in [-0.3, -0.25) is 0 Å². The van der Waals surface area contributed by atoms with Gasteiger partial charge in [-0.1, -0.05) is 5.16 Å². The fourth-order valence-corrected chi connectivity index (χ4v) is 2.37. The Kier molecular flexibility index (Phi) is 2.88. The van der Waals surface area contributed by atoms with E-state index in [4.69, 9.17) is 9.78 Å². The van der Waals surface area contributed by atoms with Crippen LogP contribution in [0, 0.1) is 18.3 Å². The van der Waals surface area contributed by atoms with Crippen LogP contribution in [0.1, 0.15) is 29.6 Å². The zero-order valence-electron chi connectivity index (χ0n) is 10.6. The number of nitrogens with zero attached hydrogens (tertiary/aromatic N) is 5.